The third-order valence-electron chi connectivity index (χ3n) is 5.45. The Labute approximate surface area is 186 Å². The fraction of sp³-hybridized carbons (Fsp3) is 0.125. The zero-order valence-electron chi connectivity index (χ0n) is 16.9. The molecule has 154 valence electrons. The second-order valence-corrected chi connectivity index (χ2v) is 7.59. The van der Waals surface area contributed by atoms with Gasteiger partial charge in [0.15, 0.2) is 5.11 Å². The van der Waals surface area contributed by atoms with Crippen molar-refractivity contribution >= 4 is 23.0 Å². The van der Waals surface area contributed by atoms with Crippen LogP contribution in [-0.2, 0) is 0 Å². The molecule has 1 aliphatic rings. The molecule has 0 spiro atoms. The molecule has 0 aliphatic carbocycles. The molecule has 2 atom stereocenters. The Kier molecular flexibility index (Phi) is 5.09. The van der Waals surface area contributed by atoms with Crippen LogP contribution in [0.25, 0.3) is 5.69 Å². The average Bonchev–Trinajstić information content (AvgIpc) is 3.44. The first-order valence-corrected chi connectivity index (χ1v) is 10.4. The van der Waals surface area contributed by atoms with Crippen molar-refractivity contribution in [2.75, 3.05) is 12.0 Å². The van der Waals surface area contributed by atoms with Crippen LogP contribution in [0, 0.1) is 0 Å². The summed E-state index contributed by atoms with van der Waals surface area (Å²) in [5.74, 6) is 0.782. The van der Waals surface area contributed by atoms with Crippen LogP contribution in [0.3, 0.4) is 0 Å². The van der Waals surface area contributed by atoms with Gasteiger partial charge in [0.1, 0.15) is 11.8 Å². The Morgan fingerprint density at radius 3 is 2.58 bits per heavy atom. The van der Waals surface area contributed by atoms with E-state index in [9.17, 15) is 0 Å². The van der Waals surface area contributed by atoms with Gasteiger partial charge in [0, 0.05) is 47.9 Å². The minimum atomic E-state index is -0.115. The van der Waals surface area contributed by atoms with Crippen molar-refractivity contribution in [1.82, 2.24) is 19.9 Å². The number of hydrogen-bond acceptors (Lipinski definition) is 4. The summed E-state index contributed by atoms with van der Waals surface area (Å²) < 4.78 is 7.64. The minimum Gasteiger partial charge on any atom is -0.497 e. The molecule has 0 amide bonds. The molecule has 3 aromatic heterocycles. The largest absolute Gasteiger partial charge is 0.497 e. The van der Waals surface area contributed by atoms with Crippen molar-refractivity contribution in [1.29, 1.82) is 0 Å². The van der Waals surface area contributed by atoms with Gasteiger partial charge in [-0.05, 0) is 60.7 Å². The molecule has 4 aromatic rings. The van der Waals surface area contributed by atoms with E-state index in [-0.39, 0.29) is 12.1 Å². The van der Waals surface area contributed by atoms with Gasteiger partial charge >= 0.3 is 0 Å². The topological polar surface area (TPSA) is 55.2 Å². The summed E-state index contributed by atoms with van der Waals surface area (Å²) in [4.78, 5) is 10.9. The molecular formula is C24H21N5OS. The number of aromatic nitrogens is 3. The highest BCUT2D eigenvalue weighted by atomic mass is 32.1. The zero-order chi connectivity index (χ0) is 21.2. The quantitative estimate of drug-likeness (QED) is 0.475. The van der Waals surface area contributed by atoms with Crippen molar-refractivity contribution in [2.24, 2.45) is 0 Å². The molecule has 4 heterocycles. The number of hydrogen-bond donors (Lipinski definition) is 1. The number of pyridine rings is 2. The van der Waals surface area contributed by atoms with Crippen LogP contribution in [0.1, 0.15) is 23.5 Å². The van der Waals surface area contributed by atoms with Crippen molar-refractivity contribution < 1.29 is 4.74 Å². The van der Waals surface area contributed by atoms with Crippen molar-refractivity contribution in [3.63, 3.8) is 0 Å². The Hall–Kier alpha value is -3.71. The highest BCUT2D eigenvalue weighted by molar-refractivity contribution is 7.80. The van der Waals surface area contributed by atoms with E-state index < -0.39 is 0 Å². The summed E-state index contributed by atoms with van der Waals surface area (Å²) in [7, 11) is 1.67. The number of ether oxygens (including phenoxy) is 1. The first-order valence-electron chi connectivity index (χ1n) is 9.98. The zero-order valence-corrected chi connectivity index (χ0v) is 17.7. The van der Waals surface area contributed by atoms with Crippen LogP contribution in [0.5, 0.6) is 5.75 Å². The fourth-order valence-corrected chi connectivity index (χ4v) is 4.41. The monoisotopic (exact) mass is 427 g/mol. The molecule has 1 N–H and O–H groups in total. The average molecular weight is 428 g/mol. The van der Waals surface area contributed by atoms with Gasteiger partial charge in [-0.1, -0.05) is 12.1 Å². The summed E-state index contributed by atoms with van der Waals surface area (Å²) in [5, 5.41) is 4.15. The lowest BCUT2D eigenvalue weighted by atomic mass is 10.0. The number of thiocarbonyl (C=S) groups is 1. The van der Waals surface area contributed by atoms with Crippen molar-refractivity contribution in [3.8, 4) is 11.4 Å². The maximum Gasteiger partial charge on any atom is 0.174 e. The van der Waals surface area contributed by atoms with E-state index in [1.807, 2.05) is 60.8 Å². The maximum atomic E-state index is 5.82. The number of anilines is 1. The Morgan fingerprint density at radius 2 is 1.81 bits per heavy atom. The maximum absolute atomic E-state index is 5.82. The third kappa shape index (κ3) is 3.53. The van der Waals surface area contributed by atoms with Gasteiger partial charge < -0.3 is 19.5 Å². The highest BCUT2D eigenvalue weighted by Gasteiger charge is 2.42. The van der Waals surface area contributed by atoms with Crippen LogP contribution in [0.2, 0.25) is 0 Å². The Balaban J connectivity index is 1.67. The van der Waals surface area contributed by atoms with E-state index in [0.717, 1.165) is 28.5 Å². The highest BCUT2D eigenvalue weighted by Crippen LogP contribution is 2.42. The molecular weight excluding hydrogens is 406 g/mol. The van der Waals surface area contributed by atoms with E-state index in [2.05, 4.69) is 43.1 Å². The predicted octanol–water partition coefficient (Wildman–Crippen LogP) is 4.45. The molecule has 0 radical (unpaired) electrons. The summed E-state index contributed by atoms with van der Waals surface area (Å²) >= 11 is 5.82. The fourth-order valence-electron chi connectivity index (χ4n) is 4.07. The van der Waals surface area contributed by atoms with Gasteiger partial charge in [-0.3, -0.25) is 9.97 Å². The van der Waals surface area contributed by atoms with E-state index in [1.165, 1.54) is 0 Å². The molecule has 1 fully saturated rings. The number of nitrogens with zero attached hydrogens (tertiary/aromatic N) is 4. The summed E-state index contributed by atoms with van der Waals surface area (Å²) in [6, 6.07) is 21.9. The van der Waals surface area contributed by atoms with E-state index >= 15 is 0 Å². The van der Waals surface area contributed by atoms with Crippen LogP contribution >= 0.6 is 12.2 Å². The number of nitrogens with one attached hydrogen (secondary N) is 1. The second kappa shape index (κ2) is 8.20. The lowest BCUT2D eigenvalue weighted by Gasteiger charge is -2.29. The first-order chi connectivity index (χ1) is 15.3. The molecule has 0 saturated carbocycles. The lowest BCUT2D eigenvalue weighted by molar-refractivity contribution is 0.414. The van der Waals surface area contributed by atoms with E-state index in [4.69, 9.17) is 17.0 Å². The summed E-state index contributed by atoms with van der Waals surface area (Å²) in [5.41, 5.74) is 4.03. The molecule has 5 rings (SSSR count). The summed E-state index contributed by atoms with van der Waals surface area (Å²) in [6.45, 7) is 0. The molecule has 0 unspecified atom stereocenters. The lowest BCUT2D eigenvalue weighted by Crippen LogP contribution is -2.30. The number of methoxy groups -OCH3 is 1. The molecule has 0 bridgehead atoms. The third-order valence-corrected chi connectivity index (χ3v) is 5.77. The Morgan fingerprint density at radius 1 is 0.935 bits per heavy atom. The standard InChI is InChI=1S/C24H21N5OS/c1-30-19-7-4-6-18(16-19)29-23(22(27-24(29)31)20-8-2-3-12-26-20)21-9-5-15-28(21)17-10-13-25-14-11-17/h2-16,22-23H,1H3,(H,27,31)/t22-,23+/m0/s1. The summed E-state index contributed by atoms with van der Waals surface area (Å²) in [6.07, 6.45) is 7.47. The second-order valence-electron chi connectivity index (χ2n) is 7.21. The van der Waals surface area contributed by atoms with Crippen molar-refractivity contribution in [3.05, 3.63) is 103 Å². The normalized spacial score (nSPS) is 18.1. The van der Waals surface area contributed by atoms with Crippen LogP contribution in [0.4, 0.5) is 5.69 Å². The van der Waals surface area contributed by atoms with Gasteiger partial charge in [0.25, 0.3) is 0 Å². The molecule has 7 heteroatoms. The molecule has 31 heavy (non-hydrogen) atoms. The number of benzene rings is 1. The van der Waals surface area contributed by atoms with Gasteiger partial charge in [-0.2, -0.15) is 0 Å². The predicted molar refractivity (Wildman–Crippen MR) is 124 cm³/mol. The van der Waals surface area contributed by atoms with Gasteiger partial charge in [0.2, 0.25) is 0 Å². The first kappa shape index (κ1) is 19.3. The van der Waals surface area contributed by atoms with E-state index in [0.29, 0.717) is 5.11 Å². The SMILES string of the molecule is COc1cccc(N2C(=S)N[C@@H](c3ccccn3)[C@H]2c2cccn2-c2ccncc2)c1. The number of rotatable bonds is 5. The smallest absolute Gasteiger partial charge is 0.174 e. The molecule has 1 aromatic carbocycles. The van der Waals surface area contributed by atoms with Crippen LogP contribution in [0.15, 0.2) is 91.5 Å². The van der Waals surface area contributed by atoms with Crippen LogP contribution in [-0.4, -0.2) is 26.8 Å². The van der Waals surface area contributed by atoms with Gasteiger partial charge in [-0.25, -0.2) is 0 Å². The van der Waals surface area contributed by atoms with Gasteiger partial charge in [0.05, 0.1) is 18.8 Å². The van der Waals surface area contributed by atoms with E-state index in [1.54, 1.807) is 19.5 Å². The molecule has 6 nitrogen and oxygen atoms in total. The Bertz CT molecular complexity index is 1190. The molecule has 1 saturated heterocycles. The van der Waals surface area contributed by atoms with Gasteiger partial charge in [-0.15, -0.1) is 0 Å². The van der Waals surface area contributed by atoms with Crippen LogP contribution < -0.4 is 15.0 Å². The molecule has 1 aliphatic heterocycles. The van der Waals surface area contributed by atoms with Crippen molar-refractivity contribution in [2.45, 2.75) is 12.1 Å². The minimum absolute atomic E-state index is 0.113.